The summed E-state index contributed by atoms with van der Waals surface area (Å²) >= 11 is 0. The third-order valence-electron chi connectivity index (χ3n) is 5.59. The van der Waals surface area contributed by atoms with Crippen molar-refractivity contribution in [1.82, 2.24) is 10.4 Å². The van der Waals surface area contributed by atoms with Crippen molar-refractivity contribution in [2.24, 2.45) is 5.41 Å². The van der Waals surface area contributed by atoms with E-state index >= 15 is 0 Å². The average Bonchev–Trinajstić information content (AvgIpc) is 2.78. The van der Waals surface area contributed by atoms with Crippen LogP contribution in [0.2, 0.25) is 0 Å². The molecule has 0 saturated carbocycles. The number of hydrogen-bond acceptors (Lipinski definition) is 6. The largest absolute Gasteiger partial charge is 0.465 e. The molecule has 1 aliphatic heterocycles. The summed E-state index contributed by atoms with van der Waals surface area (Å²) in [5.41, 5.74) is 0.461. The SMILES string of the molecule is O=C(O)N1CCC(CCS(=O)(=O)c2ccc(Oc3ccccc3)cc2)(C(=O)NO)CC1. The van der Waals surface area contributed by atoms with Crippen LogP contribution in [0, 0.1) is 5.41 Å². The topological polar surface area (TPSA) is 133 Å². The standard InChI is InChI=1S/C21H24N2O7S/c24-19(22-27)21(10-13-23(14-11-21)20(25)26)12-15-31(28,29)18-8-6-17(7-9-18)30-16-4-2-1-3-5-16/h1-9,27H,10-15H2,(H,22,24)(H,25,26). The van der Waals surface area contributed by atoms with E-state index < -0.39 is 27.3 Å². The van der Waals surface area contributed by atoms with Crippen molar-refractivity contribution in [2.45, 2.75) is 24.2 Å². The highest BCUT2D eigenvalue weighted by Crippen LogP contribution is 2.36. The summed E-state index contributed by atoms with van der Waals surface area (Å²) < 4.78 is 31.3. The minimum atomic E-state index is -3.71. The molecule has 1 saturated heterocycles. The van der Waals surface area contributed by atoms with E-state index in [0.717, 1.165) is 0 Å². The maximum absolute atomic E-state index is 12.8. The summed E-state index contributed by atoms with van der Waals surface area (Å²) in [6, 6.07) is 15.1. The molecule has 1 aliphatic rings. The number of carboxylic acid groups (broad SMARTS) is 1. The number of benzene rings is 2. The van der Waals surface area contributed by atoms with Crippen molar-refractivity contribution in [3.05, 3.63) is 54.6 Å². The first-order valence-electron chi connectivity index (χ1n) is 9.74. The fourth-order valence-electron chi connectivity index (χ4n) is 3.62. The first kappa shape index (κ1) is 22.6. The Morgan fingerprint density at radius 3 is 2.13 bits per heavy atom. The molecule has 9 nitrogen and oxygen atoms in total. The van der Waals surface area contributed by atoms with E-state index in [9.17, 15) is 18.0 Å². The van der Waals surface area contributed by atoms with Gasteiger partial charge in [0.2, 0.25) is 5.91 Å². The molecule has 166 valence electrons. The Morgan fingerprint density at radius 2 is 1.58 bits per heavy atom. The van der Waals surface area contributed by atoms with Gasteiger partial charge in [-0.2, -0.15) is 0 Å². The second kappa shape index (κ2) is 9.36. The molecule has 0 aliphatic carbocycles. The Labute approximate surface area is 180 Å². The van der Waals surface area contributed by atoms with Gasteiger partial charge in [0.25, 0.3) is 0 Å². The highest BCUT2D eigenvalue weighted by atomic mass is 32.2. The Morgan fingerprint density at radius 1 is 1.00 bits per heavy atom. The number of nitrogens with one attached hydrogen (secondary N) is 1. The van der Waals surface area contributed by atoms with Crippen LogP contribution in [-0.4, -0.2) is 54.5 Å². The molecule has 2 aromatic rings. The lowest BCUT2D eigenvalue weighted by Gasteiger charge is -2.39. The van der Waals surface area contributed by atoms with E-state index in [1.165, 1.54) is 17.0 Å². The van der Waals surface area contributed by atoms with Crippen molar-refractivity contribution < 1.29 is 33.1 Å². The molecule has 2 amide bonds. The van der Waals surface area contributed by atoms with Gasteiger partial charge in [-0.3, -0.25) is 10.0 Å². The number of nitrogens with zero attached hydrogens (tertiary/aromatic N) is 1. The molecule has 3 N–H and O–H groups in total. The van der Waals surface area contributed by atoms with Crippen molar-refractivity contribution in [3.63, 3.8) is 0 Å². The monoisotopic (exact) mass is 448 g/mol. The van der Waals surface area contributed by atoms with Crippen molar-refractivity contribution in [1.29, 1.82) is 0 Å². The Kier molecular flexibility index (Phi) is 6.81. The lowest BCUT2D eigenvalue weighted by atomic mass is 9.75. The smallest absolute Gasteiger partial charge is 0.407 e. The Balaban J connectivity index is 1.68. The van der Waals surface area contributed by atoms with E-state index in [0.29, 0.717) is 11.5 Å². The maximum Gasteiger partial charge on any atom is 0.407 e. The number of para-hydroxylation sites is 1. The van der Waals surface area contributed by atoms with Crippen LogP contribution in [0.5, 0.6) is 11.5 Å². The van der Waals surface area contributed by atoms with Gasteiger partial charge >= 0.3 is 6.09 Å². The van der Waals surface area contributed by atoms with Gasteiger partial charge in [0.15, 0.2) is 9.84 Å². The number of rotatable bonds is 7. The van der Waals surface area contributed by atoms with Crippen LogP contribution in [0.4, 0.5) is 4.79 Å². The number of carbonyl (C=O) groups excluding carboxylic acids is 1. The highest BCUT2D eigenvalue weighted by Gasteiger charge is 2.43. The molecule has 0 atom stereocenters. The number of amides is 2. The fraction of sp³-hybridized carbons (Fsp3) is 0.333. The van der Waals surface area contributed by atoms with Crippen molar-refractivity contribution in [3.8, 4) is 11.5 Å². The lowest BCUT2D eigenvalue weighted by Crippen LogP contribution is -2.50. The van der Waals surface area contributed by atoms with Gasteiger partial charge in [0, 0.05) is 13.1 Å². The summed E-state index contributed by atoms with van der Waals surface area (Å²) in [7, 11) is -3.71. The zero-order valence-electron chi connectivity index (χ0n) is 16.7. The second-order valence-corrected chi connectivity index (χ2v) is 9.56. The molecule has 31 heavy (non-hydrogen) atoms. The predicted molar refractivity (Wildman–Crippen MR) is 111 cm³/mol. The third kappa shape index (κ3) is 5.33. The van der Waals surface area contributed by atoms with E-state index in [1.807, 2.05) is 18.2 Å². The number of likely N-dealkylation sites (tertiary alicyclic amines) is 1. The molecule has 10 heteroatoms. The number of hydroxylamine groups is 1. The highest BCUT2D eigenvalue weighted by molar-refractivity contribution is 7.91. The lowest BCUT2D eigenvalue weighted by molar-refractivity contribution is -0.142. The summed E-state index contributed by atoms with van der Waals surface area (Å²) in [5.74, 6) is 0.108. The van der Waals surface area contributed by atoms with Gasteiger partial charge < -0.3 is 14.7 Å². The van der Waals surface area contributed by atoms with Crippen LogP contribution in [0.3, 0.4) is 0 Å². The average molecular weight is 448 g/mol. The molecule has 0 spiro atoms. The molecule has 0 unspecified atom stereocenters. The number of carbonyl (C=O) groups is 2. The van der Waals surface area contributed by atoms with E-state index in [4.69, 9.17) is 15.1 Å². The normalized spacial score (nSPS) is 15.8. The summed E-state index contributed by atoms with van der Waals surface area (Å²) in [4.78, 5) is 24.7. The zero-order valence-corrected chi connectivity index (χ0v) is 17.5. The summed E-state index contributed by atoms with van der Waals surface area (Å²) in [6.07, 6.45) is -0.864. The number of hydrogen-bond donors (Lipinski definition) is 3. The van der Waals surface area contributed by atoms with Gasteiger partial charge in [-0.25, -0.2) is 18.7 Å². The number of sulfone groups is 1. The van der Waals surface area contributed by atoms with E-state index in [2.05, 4.69) is 0 Å². The van der Waals surface area contributed by atoms with E-state index in [1.54, 1.807) is 29.7 Å². The molecule has 3 rings (SSSR count). The van der Waals surface area contributed by atoms with Gasteiger partial charge in [0.05, 0.1) is 16.1 Å². The van der Waals surface area contributed by atoms with Crippen LogP contribution in [0.15, 0.2) is 59.5 Å². The molecular formula is C21H24N2O7S. The fourth-order valence-corrected chi connectivity index (χ4v) is 5.07. The number of ether oxygens (including phenoxy) is 1. The van der Waals surface area contributed by atoms with Gasteiger partial charge in [-0.15, -0.1) is 0 Å². The Hall–Kier alpha value is -3.11. The molecule has 1 heterocycles. The van der Waals surface area contributed by atoms with Crippen LogP contribution in [-0.2, 0) is 14.6 Å². The first-order chi connectivity index (χ1) is 14.8. The molecule has 2 aromatic carbocycles. The third-order valence-corrected chi connectivity index (χ3v) is 7.32. The maximum atomic E-state index is 12.8. The minimum Gasteiger partial charge on any atom is -0.465 e. The van der Waals surface area contributed by atoms with Crippen LogP contribution < -0.4 is 10.2 Å². The van der Waals surface area contributed by atoms with E-state index in [-0.39, 0.29) is 43.0 Å². The summed E-state index contributed by atoms with van der Waals surface area (Å²) in [6.45, 7) is 0.183. The minimum absolute atomic E-state index is 0.0303. The molecular weight excluding hydrogens is 424 g/mol. The van der Waals surface area contributed by atoms with Crippen LogP contribution in [0.1, 0.15) is 19.3 Å². The quantitative estimate of drug-likeness (QED) is 0.438. The molecule has 0 bridgehead atoms. The molecule has 0 aromatic heterocycles. The molecule has 0 radical (unpaired) electrons. The van der Waals surface area contributed by atoms with Crippen LogP contribution >= 0.6 is 0 Å². The number of piperidine rings is 1. The second-order valence-electron chi connectivity index (χ2n) is 7.45. The first-order valence-corrected chi connectivity index (χ1v) is 11.4. The van der Waals surface area contributed by atoms with Gasteiger partial charge in [0.1, 0.15) is 11.5 Å². The predicted octanol–water partition coefficient (Wildman–Crippen LogP) is 2.91. The zero-order chi connectivity index (χ0) is 22.5. The van der Waals surface area contributed by atoms with Gasteiger partial charge in [-0.1, -0.05) is 18.2 Å². The summed E-state index contributed by atoms with van der Waals surface area (Å²) in [5, 5.41) is 18.2. The van der Waals surface area contributed by atoms with Crippen molar-refractivity contribution in [2.75, 3.05) is 18.8 Å². The molecule has 1 fully saturated rings. The van der Waals surface area contributed by atoms with Gasteiger partial charge in [-0.05, 0) is 55.7 Å². The van der Waals surface area contributed by atoms with Crippen molar-refractivity contribution >= 4 is 21.8 Å². The Bertz CT molecular complexity index is 1020. The van der Waals surface area contributed by atoms with Crippen LogP contribution in [0.25, 0.3) is 0 Å².